The van der Waals surface area contributed by atoms with Crippen LogP contribution >= 0.6 is 0 Å². The van der Waals surface area contributed by atoms with Crippen LogP contribution in [-0.4, -0.2) is 96.0 Å². The highest BCUT2D eigenvalue weighted by Crippen LogP contribution is 2.24. The largest absolute Gasteiger partial charge is 0.462 e. The maximum absolute atomic E-state index is 12.8. The van der Waals surface area contributed by atoms with Crippen molar-refractivity contribution >= 4 is 22.1 Å². The van der Waals surface area contributed by atoms with Crippen molar-refractivity contribution in [3.05, 3.63) is 60.8 Å². The number of aliphatic hydroxyl groups is 3. The van der Waals surface area contributed by atoms with Gasteiger partial charge in [-0.1, -0.05) is 177 Å². The lowest BCUT2D eigenvalue weighted by Crippen LogP contribution is -2.60. The Hall–Kier alpha value is -2.65. The van der Waals surface area contributed by atoms with E-state index in [-0.39, 0.29) is 19.4 Å². The molecule has 1 aliphatic heterocycles. The molecule has 0 saturated carbocycles. The van der Waals surface area contributed by atoms with E-state index in [4.69, 9.17) is 18.9 Å². The second-order valence-corrected chi connectivity index (χ2v) is 18.6. The number of aliphatic hydroxyl groups excluding tert-OH is 3. The lowest BCUT2D eigenvalue weighted by molar-refractivity contribution is -0.297. The molecule has 0 aromatic carbocycles. The van der Waals surface area contributed by atoms with E-state index >= 15 is 0 Å². The molecule has 4 N–H and O–H groups in total. The summed E-state index contributed by atoms with van der Waals surface area (Å²) in [6.07, 6.45) is 41.5. The molecular weight excluding hydrogens is 837 g/mol. The first-order valence-electron chi connectivity index (χ1n) is 24.8. The normalized spacial score (nSPS) is 20.1. The van der Waals surface area contributed by atoms with Gasteiger partial charge < -0.3 is 34.3 Å². The Labute approximate surface area is 387 Å². The SMILES string of the molecule is CC/C=C\C/C=C\C/C=C\C/C=C\CCC(=O)OC(COC(=O)CCCCCCCCCCCCC/C=C\CCCCCCCCCC)COC1OC(CS(=O)(=O)O)C(O)C(O)C1O. The zero-order valence-electron chi connectivity index (χ0n) is 39.6. The van der Waals surface area contributed by atoms with Crippen LogP contribution in [0.25, 0.3) is 0 Å². The second kappa shape index (κ2) is 40.6. The Morgan fingerprint density at radius 1 is 0.547 bits per heavy atom. The summed E-state index contributed by atoms with van der Waals surface area (Å²) >= 11 is 0. The van der Waals surface area contributed by atoms with Gasteiger partial charge in [0.15, 0.2) is 12.4 Å². The number of unbranched alkanes of at least 4 members (excludes halogenated alkanes) is 19. The van der Waals surface area contributed by atoms with Gasteiger partial charge >= 0.3 is 11.9 Å². The Morgan fingerprint density at radius 3 is 1.53 bits per heavy atom. The molecule has 370 valence electrons. The maximum atomic E-state index is 12.8. The molecule has 0 aliphatic carbocycles. The molecule has 0 bridgehead atoms. The predicted molar refractivity (Wildman–Crippen MR) is 256 cm³/mol. The smallest absolute Gasteiger partial charge is 0.306 e. The van der Waals surface area contributed by atoms with Gasteiger partial charge in [-0.15, -0.1) is 0 Å². The van der Waals surface area contributed by atoms with Gasteiger partial charge in [0.25, 0.3) is 10.1 Å². The summed E-state index contributed by atoms with van der Waals surface area (Å²) in [5.41, 5.74) is 0. The van der Waals surface area contributed by atoms with Gasteiger partial charge in [0.05, 0.1) is 6.61 Å². The summed E-state index contributed by atoms with van der Waals surface area (Å²) < 4.78 is 54.0. The maximum Gasteiger partial charge on any atom is 0.306 e. The number of carbonyl (C=O) groups is 2. The minimum absolute atomic E-state index is 0.0416. The minimum atomic E-state index is -4.61. The number of esters is 2. The van der Waals surface area contributed by atoms with Gasteiger partial charge in [-0.2, -0.15) is 8.42 Å². The van der Waals surface area contributed by atoms with Gasteiger partial charge in [-0.05, 0) is 64.2 Å². The Balaban J connectivity index is 2.37. The summed E-state index contributed by atoms with van der Waals surface area (Å²) in [5, 5.41) is 30.9. The number of carbonyl (C=O) groups excluding carboxylic acids is 2. The van der Waals surface area contributed by atoms with Gasteiger partial charge in [0.1, 0.15) is 36.8 Å². The minimum Gasteiger partial charge on any atom is -0.462 e. The van der Waals surface area contributed by atoms with Crippen LogP contribution in [0.5, 0.6) is 0 Å². The van der Waals surface area contributed by atoms with Crippen LogP contribution < -0.4 is 0 Å². The number of rotatable bonds is 41. The van der Waals surface area contributed by atoms with Crippen molar-refractivity contribution in [1.82, 2.24) is 0 Å². The molecule has 0 aromatic rings. The number of hydrogen-bond donors (Lipinski definition) is 4. The first-order chi connectivity index (χ1) is 31.0. The molecule has 0 aromatic heterocycles. The average molecular weight is 925 g/mol. The van der Waals surface area contributed by atoms with Crippen molar-refractivity contribution in [2.45, 2.75) is 230 Å². The Kier molecular flexibility index (Phi) is 37.7. The second-order valence-electron chi connectivity index (χ2n) is 17.1. The van der Waals surface area contributed by atoms with E-state index in [2.05, 4.69) is 56.4 Å². The van der Waals surface area contributed by atoms with Gasteiger partial charge in [-0.3, -0.25) is 14.1 Å². The van der Waals surface area contributed by atoms with E-state index in [1.54, 1.807) is 0 Å². The summed E-state index contributed by atoms with van der Waals surface area (Å²) in [7, 11) is -4.61. The van der Waals surface area contributed by atoms with Gasteiger partial charge in [0, 0.05) is 12.8 Å². The third-order valence-electron chi connectivity index (χ3n) is 11.1. The molecular formula is C51H88O12S. The van der Waals surface area contributed by atoms with E-state index in [0.29, 0.717) is 19.3 Å². The highest BCUT2D eigenvalue weighted by Gasteiger charge is 2.46. The molecule has 1 saturated heterocycles. The number of allylic oxidation sites excluding steroid dienone is 10. The summed E-state index contributed by atoms with van der Waals surface area (Å²) in [4.78, 5) is 25.4. The lowest BCUT2D eigenvalue weighted by atomic mass is 10.00. The van der Waals surface area contributed by atoms with Crippen LogP contribution in [-0.2, 0) is 38.7 Å². The van der Waals surface area contributed by atoms with Crippen LogP contribution in [0.3, 0.4) is 0 Å². The standard InChI is InChI=1S/C51H88O12S/c1-3-5-7-9-11-13-15-17-18-19-20-21-22-23-24-25-26-28-29-31-33-35-37-39-46(52)60-41-44(42-61-51-50(56)49(55)48(54)45(63-51)43-64(57,58)59)62-47(53)40-38-36-34-32-30-27-16-14-12-10-8-6-4-2/h6,8,12,14,19-20,27,30,34,36,44-45,48-51,54-56H,3-5,7,9-11,13,15-18,21-26,28-29,31-33,35,37-43H2,1-2H3,(H,57,58,59)/b8-6-,14-12-,20-19-,30-27-,36-34-. The highest BCUT2D eigenvalue weighted by atomic mass is 32.2. The first kappa shape index (κ1) is 59.4. The van der Waals surface area contributed by atoms with Crippen LogP contribution in [0, 0.1) is 0 Å². The third-order valence-corrected chi connectivity index (χ3v) is 11.8. The monoisotopic (exact) mass is 925 g/mol. The van der Waals surface area contributed by atoms with Gasteiger partial charge in [-0.25, -0.2) is 0 Å². The van der Waals surface area contributed by atoms with Gasteiger partial charge in [0.2, 0.25) is 0 Å². The van der Waals surface area contributed by atoms with Crippen LogP contribution in [0.15, 0.2) is 60.8 Å². The van der Waals surface area contributed by atoms with Crippen molar-refractivity contribution in [2.75, 3.05) is 19.0 Å². The molecule has 1 heterocycles. The van der Waals surface area contributed by atoms with Crippen LogP contribution in [0.2, 0.25) is 0 Å². The number of hydrogen-bond acceptors (Lipinski definition) is 11. The molecule has 13 heteroatoms. The molecule has 1 aliphatic rings. The Bertz CT molecular complexity index is 1410. The highest BCUT2D eigenvalue weighted by molar-refractivity contribution is 7.85. The van der Waals surface area contributed by atoms with Crippen molar-refractivity contribution < 1.29 is 56.8 Å². The van der Waals surface area contributed by atoms with E-state index < -0.39 is 71.2 Å². The van der Waals surface area contributed by atoms with Crippen molar-refractivity contribution in [1.29, 1.82) is 0 Å². The van der Waals surface area contributed by atoms with E-state index in [0.717, 1.165) is 38.5 Å². The molecule has 64 heavy (non-hydrogen) atoms. The van der Waals surface area contributed by atoms with Crippen molar-refractivity contribution in [2.24, 2.45) is 0 Å². The van der Waals surface area contributed by atoms with Crippen LogP contribution in [0.1, 0.15) is 194 Å². The van der Waals surface area contributed by atoms with E-state index in [9.17, 15) is 37.9 Å². The summed E-state index contributed by atoms with van der Waals surface area (Å²) in [6.45, 7) is 3.59. The quantitative estimate of drug-likeness (QED) is 0.0197. The molecule has 0 spiro atoms. The molecule has 0 radical (unpaired) electrons. The van der Waals surface area contributed by atoms with Crippen LogP contribution in [0.4, 0.5) is 0 Å². The molecule has 1 rings (SSSR count). The molecule has 0 amide bonds. The van der Waals surface area contributed by atoms with Crippen molar-refractivity contribution in [3.63, 3.8) is 0 Å². The third kappa shape index (κ3) is 34.7. The van der Waals surface area contributed by atoms with Crippen molar-refractivity contribution in [3.8, 4) is 0 Å². The lowest BCUT2D eigenvalue weighted by Gasteiger charge is -2.40. The number of ether oxygens (including phenoxy) is 4. The topological polar surface area (TPSA) is 186 Å². The van der Waals surface area contributed by atoms with E-state index in [1.807, 2.05) is 18.2 Å². The fourth-order valence-electron chi connectivity index (χ4n) is 7.27. The average Bonchev–Trinajstić information content (AvgIpc) is 3.26. The fraction of sp³-hybridized carbons (Fsp3) is 0.765. The summed E-state index contributed by atoms with van der Waals surface area (Å²) in [6, 6.07) is 0. The molecule has 1 fully saturated rings. The molecule has 12 nitrogen and oxygen atoms in total. The fourth-order valence-corrected chi connectivity index (χ4v) is 7.96. The Morgan fingerprint density at radius 2 is 1.02 bits per heavy atom. The van der Waals surface area contributed by atoms with E-state index in [1.165, 1.54) is 109 Å². The molecule has 6 atom stereocenters. The zero-order valence-corrected chi connectivity index (χ0v) is 40.4. The zero-order chi connectivity index (χ0) is 46.9. The summed E-state index contributed by atoms with van der Waals surface area (Å²) in [5.74, 6) is -2.09. The molecule has 6 unspecified atom stereocenters. The predicted octanol–water partition coefficient (Wildman–Crippen LogP) is 10.9. The first-order valence-corrected chi connectivity index (χ1v) is 26.5.